The normalized spacial score (nSPS) is 11.0. The monoisotopic (exact) mass is 434 g/mol. The number of benzene rings is 2. The molecule has 0 radical (unpaired) electrons. The Labute approximate surface area is 181 Å². The summed E-state index contributed by atoms with van der Waals surface area (Å²) in [5, 5.41) is 10.8. The van der Waals surface area contributed by atoms with E-state index in [0.29, 0.717) is 11.3 Å². The van der Waals surface area contributed by atoms with Crippen LogP contribution in [0.15, 0.2) is 42.5 Å². The van der Waals surface area contributed by atoms with Crippen LogP contribution in [0.5, 0.6) is 5.75 Å². The van der Waals surface area contributed by atoms with Crippen molar-refractivity contribution in [2.24, 2.45) is 11.5 Å². The molecule has 6 N–H and O–H groups in total. The molecule has 0 fully saturated rings. The summed E-state index contributed by atoms with van der Waals surface area (Å²) in [6.07, 6.45) is 0.802. The van der Waals surface area contributed by atoms with Crippen LogP contribution in [0, 0.1) is 5.41 Å². The molecule has 9 heteroatoms. The fraction of sp³-hybridized carbons (Fsp3) is 0.286. The van der Waals surface area contributed by atoms with E-state index in [0.717, 1.165) is 23.2 Å². The number of halogens is 1. The Morgan fingerprint density at radius 1 is 1.13 bits per heavy atom. The summed E-state index contributed by atoms with van der Waals surface area (Å²) in [5.74, 6) is -0.536. The fourth-order valence-corrected chi connectivity index (χ4v) is 2.73. The van der Waals surface area contributed by atoms with Crippen LogP contribution in [0.25, 0.3) is 0 Å². The maximum absolute atomic E-state index is 11.4. The van der Waals surface area contributed by atoms with Gasteiger partial charge in [0, 0.05) is 23.7 Å². The summed E-state index contributed by atoms with van der Waals surface area (Å²) < 4.78 is 10.8. The van der Waals surface area contributed by atoms with Crippen LogP contribution in [-0.2, 0) is 20.7 Å². The van der Waals surface area contributed by atoms with Crippen LogP contribution in [0.4, 0.5) is 5.69 Å². The summed E-state index contributed by atoms with van der Waals surface area (Å²) >= 11 is 0. The van der Waals surface area contributed by atoms with Gasteiger partial charge in [-0.1, -0.05) is 13.0 Å². The lowest BCUT2D eigenvalue weighted by Crippen LogP contribution is -2.23. The van der Waals surface area contributed by atoms with Gasteiger partial charge >= 0.3 is 5.97 Å². The van der Waals surface area contributed by atoms with Gasteiger partial charge in [-0.05, 0) is 48.4 Å². The number of hydrogen-bond acceptors (Lipinski definition) is 6. The summed E-state index contributed by atoms with van der Waals surface area (Å²) in [5.41, 5.74) is 13.9. The van der Waals surface area contributed by atoms with Crippen molar-refractivity contribution in [2.75, 3.05) is 18.5 Å². The van der Waals surface area contributed by atoms with Gasteiger partial charge in [-0.25, -0.2) is 0 Å². The van der Waals surface area contributed by atoms with E-state index in [4.69, 9.17) is 26.4 Å². The quantitative estimate of drug-likeness (QED) is 0.257. The van der Waals surface area contributed by atoms with Crippen molar-refractivity contribution in [3.63, 3.8) is 0 Å². The molecule has 0 saturated heterocycles. The highest BCUT2D eigenvalue weighted by molar-refractivity contribution is 5.95. The van der Waals surface area contributed by atoms with E-state index in [9.17, 15) is 9.59 Å². The Morgan fingerprint density at radius 3 is 2.33 bits per heavy atom. The first-order valence-corrected chi connectivity index (χ1v) is 9.18. The van der Waals surface area contributed by atoms with Gasteiger partial charge in [-0.3, -0.25) is 15.0 Å². The lowest BCUT2D eigenvalue weighted by molar-refractivity contribution is -0.141. The molecule has 0 aliphatic heterocycles. The van der Waals surface area contributed by atoms with Gasteiger partial charge in [0.25, 0.3) is 5.91 Å². The molecule has 2 rings (SSSR count). The van der Waals surface area contributed by atoms with Crippen LogP contribution < -0.4 is 21.5 Å². The maximum Gasteiger partial charge on any atom is 0.302 e. The number of nitrogens with one attached hydrogen (secondary N) is 2. The molecule has 0 saturated carbocycles. The Balaban J connectivity index is 0.00000450. The number of primary amides is 1. The zero-order valence-electron chi connectivity index (χ0n) is 16.9. The molecule has 30 heavy (non-hydrogen) atoms. The van der Waals surface area contributed by atoms with Crippen molar-refractivity contribution in [1.82, 2.24) is 0 Å². The topological polar surface area (TPSA) is 141 Å². The Bertz CT molecular complexity index is 887. The molecule has 1 amide bonds. The standard InChI is InChI=1S/C21H26N4O4.ClH/c1-3-14-4-9-19(29-12-20(22)27)17(10-14)18(11-28-13(2)26)25-16-7-5-15(6-8-16)21(23)24;/h4-10,18,25H,3,11-12H2,1-2H3,(H2,22,27)(H3,23,24);1H. The molecule has 0 aliphatic carbocycles. The third kappa shape index (κ3) is 7.29. The lowest BCUT2D eigenvalue weighted by Gasteiger charge is -2.23. The largest absolute Gasteiger partial charge is 0.483 e. The number of carbonyl (C=O) groups excluding carboxylic acids is 2. The first-order chi connectivity index (χ1) is 13.8. The van der Waals surface area contributed by atoms with Crippen molar-refractivity contribution in [1.29, 1.82) is 5.41 Å². The number of aryl methyl sites for hydroxylation is 1. The number of hydrogen-bond donors (Lipinski definition) is 4. The molecule has 0 aromatic heterocycles. The molecule has 2 aromatic rings. The van der Waals surface area contributed by atoms with Crippen molar-refractivity contribution >= 4 is 35.8 Å². The zero-order valence-corrected chi connectivity index (χ0v) is 17.8. The second-order valence-corrected chi connectivity index (χ2v) is 6.47. The van der Waals surface area contributed by atoms with Gasteiger partial charge in [-0.2, -0.15) is 0 Å². The molecule has 2 aromatic carbocycles. The summed E-state index contributed by atoms with van der Waals surface area (Å²) in [6.45, 7) is 3.17. The number of ether oxygens (including phenoxy) is 2. The molecule has 8 nitrogen and oxygen atoms in total. The Kier molecular flexibility index (Phi) is 9.64. The van der Waals surface area contributed by atoms with Gasteiger partial charge in [0.2, 0.25) is 0 Å². The number of nitrogen functional groups attached to an aromatic ring is 1. The van der Waals surface area contributed by atoms with Crippen LogP contribution in [0.3, 0.4) is 0 Å². The van der Waals surface area contributed by atoms with Gasteiger partial charge in [0.15, 0.2) is 6.61 Å². The zero-order chi connectivity index (χ0) is 21.4. The fourth-order valence-electron chi connectivity index (χ4n) is 2.73. The smallest absolute Gasteiger partial charge is 0.302 e. The predicted octanol–water partition coefficient (Wildman–Crippen LogP) is 2.54. The Morgan fingerprint density at radius 2 is 1.80 bits per heavy atom. The predicted molar refractivity (Wildman–Crippen MR) is 118 cm³/mol. The minimum absolute atomic E-state index is 0. The maximum atomic E-state index is 11.4. The van der Waals surface area contributed by atoms with E-state index >= 15 is 0 Å². The van der Waals surface area contributed by atoms with E-state index in [1.54, 1.807) is 30.3 Å². The average Bonchev–Trinajstić information content (AvgIpc) is 2.69. The molecule has 0 bridgehead atoms. The molecule has 1 atom stereocenters. The van der Waals surface area contributed by atoms with E-state index in [1.165, 1.54) is 6.92 Å². The minimum atomic E-state index is -0.583. The van der Waals surface area contributed by atoms with E-state index < -0.39 is 17.9 Å². The highest BCUT2D eigenvalue weighted by Crippen LogP contribution is 2.30. The lowest BCUT2D eigenvalue weighted by atomic mass is 10.0. The average molecular weight is 435 g/mol. The van der Waals surface area contributed by atoms with E-state index in [2.05, 4.69) is 5.32 Å². The molecule has 0 spiro atoms. The number of esters is 1. The number of amidine groups is 1. The number of carbonyl (C=O) groups is 2. The van der Waals surface area contributed by atoms with Gasteiger partial charge in [-0.15, -0.1) is 12.4 Å². The number of nitrogens with two attached hydrogens (primary N) is 2. The molecule has 162 valence electrons. The summed E-state index contributed by atoms with van der Waals surface area (Å²) in [6, 6.07) is 12.2. The first kappa shape index (κ1) is 24.8. The molecule has 0 aliphatic rings. The number of amides is 1. The number of anilines is 1. The summed E-state index contributed by atoms with van der Waals surface area (Å²) in [7, 11) is 0. The van der Waals surface area contributed by atoms with Crippen LogP contribution in [0.1, 0.15) is 36.6 Å². The molecular weight excluding hydrogens is 408 g/mol. The summed E-state index contributed by atoms with van der Waals surface area (Å²) in [4.78, 5) is 22.5. The van der Waals surface area contributed by atoms with Crippen molar-refractivity contribution < 1.29 is 19.1 Å². The minimum Gasteiger partial charge on any atom is -0.483 e. The number of rotatable bonds is 10. The SMILES string of the molecule is CCc1ccc(OCC(N)=O)c(C(COC(C)=O)Nc2ccc(C(=N)N)cc2)c1.Cl. The molecular formula is C21H27ClN4O4. The van der Waals surface area contributed by atoms with Crippen LogP contribution in [-0.4, -0.2) is 30.9 Å². The van der Waals surface area contributed by atoms with Crippen LogP contribution >= 0.6 is 12.4 Å². The van der Waals surface area contributed by atoms with Crippen molar-refractivity contribution in [2.45, 2.75) is 26.3 Å². The van der Waals surface area contributed by atoms with E-state index in [1.807, 2.05) is 19.1 Å². The Hall–Kier alpha value is -3.26. The molecule has 1 unspecified atom stereocenters. The molecule has 0 heterocycles. The third-order valence-corrected chi connectivity index (χ3v) is 4.22. The highest BCUT2D eigenvalue weighted by Gasteiger charge is 2.19. The van der Waals surface area contributed by atoms with E-state index in [-0.39, 0.29) is 31.5 Å². The second-order valence-electron chi connectivity index (χ2n) is 6.47. The van der Waals surface area contributed by atoms with Gasteiger partial charge < -0.3 is 26.3 Å². The van der Waals surface area contributed by atoms with Crippen molar-refractivity contribution in [3.05, 3.63) is 59.2 Å². The highest BCUT2D eigenvalue weighted by atomic mass is 35.5. The third-order valence-electron chi connectivity index (χ3n) is 4.22. The first-order valence-electron chi connectivity index (χ1n) is 9.18. The van der Waals surface area contributed by atoms with Gasteiger partial charge in [0.05, 0.1) is 6.04 Å². The van der Waals surface area contributed by atoms with Crippen LogP contribution in [0.2, 0.25) is 0 Å². The second kappa shape index (κ2) is 11.7. The van der Waals surface area contributed by atoms with Crippen molar-refractivity contribution in [3.8, 4) is 5.75 Å². The van der Waals surface area contributed by atoms with Gasteiger partial charge in [0.1, 0.15) is 18.2 Å².